The van der Waals surface area contributed by atoms with Crippen LogP contribution in [0.4, 0.5) is 0 Å². The van der Waals surface area contributed by atoms with Gasteiger partial charge in [-0.25, -0.2) is 0 Å². The molecule has 196 valence electrons. The van der Waals surface area contributed by atoms with Gasteiger partial charge in [-0.05, 0) is 88.6 Å². The van der Waals surface area contributed by atoms with Crippen molar-refractivity contribution in [2.24, 2.45) is 34.8 Å². The van der Waals surface area contributed by atoms with Crippen molar-refractivity contribution in [3.8, 4) is 5.88 Å². The van der Waals surface area contributed by atoms with E-state index in [1.807, 2.05) is 41.5 Å². The number of nitrogens with zero attached hydrogens (tertiary/aromatic N) is 1. The van der Waals surface area contributed by atoms with E-state index in [0.29, 0.717) is 23.3 Å². The van der Waals surface area contributed by atoms with Crippen molar-refractivity contribution < 1.29 is 18.8 Å². The van der Waals surface area contributed by atoms with Crippen LogP contribution >= 0.6 is 11.8 Å². The highest BCUT2D eigenvalue weighted by molar-refractivity contribution is 8.00. The number of ether oxygens (including phenoxy) is 1. The first-order valence-corrected chi connectivity index (χ1v) is 13.9. The van der Waals surface area contributed by atoms with Crippen LogP contribution in [0.15, 0.2) is 9.42 Å². The predicted molar refractivity (Wildman–Crippen MR) is 136 cm³/mol. The zero-order valence-electron chi connectivity index (χ0n) is 22.0. The van der Waals surface area contributed by atoms with Crippen molar-refractivity contribution in [2.75, 3.05) is 13.2 Å². The SMILES string of the molecule is CC(C)Sc1c(OCC(C)(C)C(=O)NC(C)(C)CN)noc1C(=O)NC1C2CC3CC(C2)CC1C3. The van der Waals surface area contributed by atoms with Gasteiger partial charge in [0.15, 0.2) is 0 Å². The van der Waals surface area contributed by atoms with Gasteiger partial charge in [0.25, 0.3) is 11.8 Å². The van der Waals surface area contributed by atoms with E-state index in [2.05, 4.69) is 15.8 Å². The number of aromatic nitrogens is 1. The van der Waals surface area contributed by atoms with Gasteiger partial charge in [0, 0.05) is 23.4 Å². The molecule has 4 aliphatic rings. The van der Waals surface area contributed by atoms with Crippen molar-refractivity contribution in [3.63, 3.8) is 0 Å². The molecule has 8 nitrogen and oxygen atoms in total. The summed E-state index contributed by atoms with van der Waals surface area (Å²) >= 11 is 1.49. The molecule has 0 aliphatic heterocycles. The lowest BCUT2D eigenvalue weighted by molar-refractivity contribution is -0.132. The molecule has 4 saturated carbocycles. The highest BCUT2D eigenvalue weighted by atomic mass is 32.2. The summed E-state index contributed by atoms with van der Waals surface area (Å²) < 4.78 is 11.5. The minimum atomic E-state index is -0.825. The largest absolute Gasteiger partial charge is 0.474 e. The van der Waals surface area contributed by atoms with E-state index in [9.17, 15) is 9.59 Å². The van der Waals surface area contributed by atoms with Crippen molar-refractivity contribution in [3.05, 3.63) is 5.76 Å². The summed E-state index contributed by atoms with van der Waals surface area (Å²) in [4.78, 5) is 26.8. The van der Waals surface area contributed by atoms with Crippen LogP contribution < -0.4 is 21.1 Å². The van der Waals surface area contributed by atoms with E-state index in [-0.39, 0.29) is 41.4 Å². The van der Waals surface area contributed by atoms with Crippen LogP contribution in [0.3, 0.4) is 0 Å². The van der Waals surface area contributed by atoms with Crippen LogP contribution in [0, 0.1) is 29.1 Å². The molecular formula is C26H42N4O4S. The molecule has 0 spiro atoms. The number of nitrogens with one attached hydrogen (secondary N) is 2. The van der Waals surface area contributed by atoms with E-state index < -0.39 is 11.0 Å². The summed E-state index contributed by atoms with van der Waals surface area (Å²) in [5.41, 5.74) is 4.42. The lowest BCUT2D eigenvalue weighted by atomic mass is 9.54. The fourth-order valence-corrected chi connectivity index (χ4v) is 6.97. The lowest BCUT2D eigenvalue weighted by Crippen LogP contribution is -2.55. The Morgan fingerprint density at radius 1 is 1.11 bits per heavy atom. The van der Waals surface area contributed by atoms with E-state index in [0.717, 1.165) is 11.8 Å². The van der Waals surface area contributed by atoms with Gasteiger partial charge in [-0.1, -0.05) is 13.8 Å². The third kappa shape index (κ3) is 5.82. The van der Waals surface area contributed by atoms with Crippen LogP contribution in [0.25, 0.3) is 0 Å². The topological polar surface area (TPSA) is 119 Å². The summed E-state index contributed by atoms with van der Waals surface area (Å²) in [7, 11) is 0. The van der Waals surface area contributed by atoms with Gasteiger partial charge in [0.2, 0.25) is 11.7 Å². The smallest absolute Gasteiger partial charge is 0.291 e. The Bertz CT molecular complexity index is 914. The van der Waals surface area contributed by atoms with Gasteiger partial charge in [0.05, 0.1) is 5.41 Å². The molecule has 9 heteroatoms. The van der Waals surface area contributed by atoms with Crippen molar-refractivity contribution in [2.45, 2.75) is 95.4 Å². The van der Waals surface area contributed by atoms with Crippen molar-refractivity contribution in [1.29, 1.82) is 0 Å². The number of carbonyl (C=O) groups is 2. The van der Waals surface area contributed by atoms with Gasteiger partial charge in [-0.3, -0.25) is 9.59 Å². The maximum absolute atomic E-state index is 13.4. The first kappa shape index (κ1) is 26.3. The third-order valence-corrected chi connectivity index (χ3v) is 8.92. The second-order valence-electron chi connectivity index (χ2n) is 12.5. The van der Waals surface area contributed by atoms with Gasteiger partial charge in [-0.15, -0.1) is 11.8 Å². The Morgan fingerprint density at radius 2 is 1.71 bits per heavy atom. The Labute approximate surface area is 213 Å². The average Bonchev–Trinajstić information content (AvgIpc) is 3.16. The number of hydrogen-bond acceptors (Lipinski definition) is 7. The van der Waals surface area contributed by atoms with E-state index in [1.165, 1.54) is 43.9 Å². The molecule has 1 aromatic heterocycles. The van der Waals surface area contributed by atoms with Crippen molar-refractivity contribution >= 4 is 23.6 Å². The number of carbonyl (C=O) groups excluding carboxylic acids is 2. The molecule has 0 radical (unpaired) electrons. The predicted octanol–water partition coefficient (Wildman–Crippen LogP) is 3.99. The lowest BCUT2D eigenvalue weighted by Gasteiger charge is -2.54. The van der Waals surface area contributed by atoms with E-state index in [4.69, 9.17) is 15.0 Å². The monoisotopic (exact) mass is 506 g/mol. The third-order valence-electron chi connectivity index (χ3n) is 7.85. The van der Waals surface area contributed by atoms with Gasteiger partial charge < -0.3 is 25.6 Å². The molecule has 0 unspecified atom stereocenters. The molecule has 2 amide bonds. The molecule has 0 aromatic carbocycles. The molecule has 4 N–H and O–H groups in total. The highest BCUT2D eigenvalue weighted by Crippen LogP contribution is 2.53. The summed E-state index contributed by atoms with van der Waals surface area (Å²) in [6.07, 6.45) is 6.30. The number of thioether (sulfide) groups is 1. The number of amides is 2. The Morgan fingerprint density at radius 3 is 2.26 bits per heavy atom. The molecule has 5 rings (SSSR count). The van der Waals surface area contributed by atoms with Gasteiger partial charge in [0.1, 0.15) is 11.5 Å². The first-order chi connectivity index (χ1) is 16.4. The minimum Gasteiger partial charge on any atom is -0.474 e. The minimum absolute atomic E-state index is 0.0915. The van der Waals surface area contributed by atoms with Gasteiger partial charge >= 0.3 is 0 Å². The summed E-state index contributed by atoms with van der Waals surface area (Å²) in [6.45, 7) is 11.9. The summed E-state index contributed by atoms with van der Waals surface area (Å²) in [5, 5.41) is 10.6. The highest BCUT2D eigenvalue weighted by Gasteiger charge is 2.49. The van der Waals surface area contributed by atoms with Crippen LogP contribution in [-0.4, -0.2) is 47.0 Å². The number of nitrogens with two attached hydrogens (primary N) is 1. The molecule has 1 heterocycles. The van der Waals surface area contributed by atoms with Gasteiger partial charge in [-0.2, -0.15) is 0 Å². The molecule has 4 aliphatic carbocycles. The second-order valence-corrected chi connectivity index (χ2v) is 14.0. The molecule has 0 atom stereocenters. The number of hydrogen-bond donors (Lipinski definition) is 3. The Hall–Kier alpha value is -1.74. The van der Waals surface area contributed by atoms with Crippen molar-refractivity contribution in [1.82, 2.24) is 15.8 Å². The molecule has 1 aromatic rings. The zero-order chi connectivity index (χ0) is 25.5. The Balaban J connectivity index is 1.45. The molecule has 0 saturated heterocycles. The van der Waals surface area contributed by atoms with E-state index >= 15 is 0 Å². The Kier molecular flexibility index (Phi) is 7.49. The summed E-state index contributed by atoms with van der Waals surface area (Å²) in [5.74, 6) is 2.94. The van der Waals surface area contributed by atoms with Crippen LogP contribution in [0.5, 0.6) is 5.88 Å². The molecule has 35 heavy (non-hydrogen) atoms. The van der Waals surface area contributed by atoms with E-state index in [1.54, 1.807) is 0 Å². The maximum Gasteiger partial charge on any atom is 0.291 e. The maximum atomic E-state index is 13.4. The van der Waals surface area contributed by atoms with Crippen LogP contribution in [0.1, 0.15) is 84.2 Å². The fraction of sp³-hybridized carbons (Fsp3) is 0.808. The second kappa shape index (κ2) is 9.96. The standard InChI is InChI=1S/C26H42N4O4S/c1-14(2)35-21-20(22(31)28-19-17-8-15-7-16(10-17)11-18(19)9-15)34-30-23(21)33-13-25(3,4)24(32)29-26(5,6)12-27/h14-19H,7-13,27H2,1-6H3,(H,28,31)(H,29,32). The molecule has 4 fully saturated rings. The molecular weight excluding hydrogens is 464 g/mol. The first-order valence-electron chi connectivity index (χ1n) is 13.0. The molecule has 4 bridgehead atoms. The average molecular weight is 507 g/mol. The quantitative estimate of drug-likeness (QED) is 0.411. The summed E-state index contributed by atoms with van der Waals surface area (Å²) in [6, 6.07) is 0.218. The number of rotatable bonds is 10. The fourth-order valence-electron chi connectivity index (χ4n) is 6.06. The van der Waals surface area contributed by atoms with Crippen LogP contribution in [-0.2, 0) is 4.79 Å². The zero-order valence-corrected chi connectivity index (χ0v) is 22.8. The normalized spacial score (nSPS) is 27.8. The van der Waals surface area contributed by atoms with Crippen LogP contribution in [0.2, 0.25) is 0 Å².